The van der Waals surface area contributed by atoms with Gasteiger partial charge in [-0.15, -0.1) is 0 Å². The Balaban J connectivity index is 1.54. The first kappa shape index (κ1) is 21.1. The van der Waals surface area contributed by atoms with Crippen molar-refractivity contribution in [2.75, 3.05) is 23.8 Å². The second kappa shape index (κ2) is 8.62. The molecule has 0 aliphatic carbocycles. The number of carbonyl (C=O) groups excluding carboxylic acids is 1. The second-order valence-electron chi connectivity index (χ2n) is 7.90. The lowest BCUT2D eigenvalue weighted by Crippen LogP contribution is -2.27. The maximum absolute atomic E-state index is 13.3. The van der Waals surface area contributed by atoms with Gasteiger partial charge in [-0.3, -0.25) is 9.78 Å². The van der Waals surface area contributed by atoms with Crippen molar-refractivity contribution in [3.05, 3.63) is 63.9 Å². The van der Waals surface area contributed by atoms with E-state index in [0.717, 1.165) is 48.6 Å². The van der Waals surface area contributed by atoms with Gasteiger partial charge < -0.3 is 19.8 Å². The lowest BCUT2D eigenvalue weighted by Gasteiger charge is -2.23. The average Bonchev–Trinajstić information content (AvgIpc) is 3.35. The maximum atomic E-state index is 13.3. The molecule has 5 rings (SSSR count). The number of fused-ring (bicyclic) bond motifs is 2. The molecule has 1 aliphatic heterocycles. The minimum atomic E-state index is -0.278. The van der Waals surface area contributed by atoms with Gasteiger partial charge in [0.05, 0.1) is 21.3 Å². The first-order valence-electron chi connectivity index (χ1n) is 10.4. The molecule has 0 saturated carbocycles. The van der Waals surface area contributed by atoms with Gasteiger partial charge in [0, 0.05) is 48.5 Å². The summed E-state index contributed by atoms with van der Waals surface area (Å²) in [4.78, 5) is 17.6. The molecule has 4 heterocycles. The highest BCUT2D eigenvalue weighted by atomic mass is 35.5. The predicted octanol–water partition coefficient (Wildman–Crippen LogP) is 6.39. The van der Waals surface area contributed by atoms with Crippen LogP contribution in [0.3, 0.4) is 0 Å². The van der Waals surface area contributed by atoms with Crippen molar-refractivity contribution in [2.45, 2.75) is 25.8 Å². The van der Waals surface area contributed by atoms with Crippen molar-refractivity contribution in [3.8, 4) is 11.1 Å². The van der Waals surface area contributed by atoms with E-state index in [-0.39, 0.29) is 5.91 Å². The molecule has 8 heteroatoms. The zero-order chi connectivity index (χ0) is 22.2. The summed E-state index contributed by atoms with van der Waals surface area (Å²) < 4.78 is 11.6. The molecule has 0 unspecified atom stereocenters. The fourth-order valence-electron chi connectivity index (χ4n) is 4.08. The Morgan fingerprint density at radius 2 is 1.91 bits per heavy atom. The number of nitrogens with zero attached hydrogens (tertiary/aromatic N) is 1. The summed E-state index contributed by atoms with van der Waals surface area (Å²) in [6.07, 6.45) is 3.59. The van der Waals surface area contributed by atoms with Crippen molar-refractivity contribution in [2.24, 2.45) is 0 Å². The number of benzene rings is 2. The maximum Gasteiger partial charge on any atom is 0.260 e. The van der Waals surface area contributed by atoms with E-state index in [2.05, 4.69) is 15.6 Å². The van der Waals surface area contributed by atoms with Crippen LogP contribution in [0.4, 0.5) is 11.4 Å². The van der Waals surface area contributed by atoms with Crippen LogP contribution in [0.1, 0.15) is 28.9 Å². The second-order valence-corrected chi connectivity index (χ2v) is 8.72. The number of aromatic nitrogens is 1. The van der Waals surface area contributed by atoms with Gasteiger partial charge >= 0.3 is 0 Å². The number of rotatable bonds is 5. The lowest BCUT2D eigenvalue weighted by molar-refractivity contribution is 0.0904. The normalized spacial score (nSPS) is 14.7. The molecular weight excluding hydrogens is 449 g/mol. The Bertz CT molecular complexity index is 1280. The molecule has 1 fully saturated rings. The van der Waals surface area contributed by atoms with Crippen molar-refractivity contribution in [1.29, 1.82) is 0 Å². The Labute approximate surface area is 195 Å². The third-order valence-electron chi connectivity index (χ3n) is 5.63. The molecule has 1 aromatic carbocycles. The summed E-state index contributed by atoms with van der Waals surface area (Å²) in [5, 5.41) is 7.28. The number of nitrogens with one attached hydrogen (secondary N) is 2. The number of halogens is 2. The molecule has 4 aromatic rings. The first-order chi connectivity index (χ1) is 15.5. The summed E-state index contributed by atoms with van der Waals surface area (Å²) in [7, 11) is 0. The van der Waals surface area contributed by atoms with Crippen LogP contribution in [-0.4, -0.2) is 30.1 Å². The molecule has 2 N–H and O–H groups in total. The van der Waals surface area contributed by atoms with Crippen LogP contribution in [-0.2, 0) is 4.74 Å². The fourth-order valence-corrected chi connectivity index (χ4v) is 4.37. The Hall–Kier alpha value is -2.80. The summed E-state index contributed by atoms with van der Waals surface area (Å²) in [6, 6.07) is 11.0. The highest BCUT2D eigenvalue weighted by Gasteiger charge is 2.28. The van der Waals surface area contributed by atoms with E-state index < -0.39 is 0 Å². The molecule has 0 radical (unpaired) electrons. The SMILES string of the molecule is Cc1cc(-c2c(C(=O)Nc3ccc(Cl)c(Cl)c3)c3cc(NC4CCOCC4)c2o3)ccn1. The van der Waals surface area contributed by atoms with Gasteiger partial charge in [-0.2, -0.15) is 0 Å². The van der Waals surface area contributed by atoms with Crippen LogP contribution < -0.4 is 10.6 Å². The van der Waals surface area contributed by atoms with E-state index >= 15 is 0 Å². The molecule has 32 heavy (non-hydrogen) atoms. The van der Waals surface area contributed by atoms with E-state index in [9.17, 15) is 4.79 Å². The Morgan fingerprint density at radius 3 is 2.66 bits per heavy atom. The minimum Gasteiger partial charge on any atom is -0.454 e. The quantitative estimate of drug-likeness (QED) is 0.354. The smallest absolute Gasteiger partial charge is 0.260 e. The van der Waals surface area contributed by atoms with E-state index in [1.165, 1.54) is 0 Å². The number of carbonyl (C=O) groups is 1. The fraction of sp³-hybridized carbons (Fsp3) is 0.250. The van der Waals surface area contributed by atoms with Crippen LogP contribution >= 0.6 is 23.2 Å². The summed E-state index contributed by atoms with van der Waals surface area (Å²) >= 11 is 12.1. The number of hydrogen-bond donors (Lipinski definition) is 2. The molecule has 164 valence electrons. The Morgan fingerprint density at radius 1 is 1.09 bits per heavy atom. The summed E-state index contributed by atoms with van der Waals surface area (Å²) in [6.45, 7) is 3.39. The van der Waals surface area contributed by atoms with Crippen LogP contribution in [0.2, 0.25) is 10.0 Å². The van der Waals surface area contributed by atoms with Gasteiger partial charge in [0.25, 0.3) is 5.91 Å². The van der Waals surface area contributed by atoms with E-state index in [0.29, 0.717) is 38.5 Å². The van der Waals surface area contributed by atoms with Crippen molar-refractivity contribution >= 4 is 51.6 Å². The van der Waals surface area contributed by atoms with Crippen molar-refractivity contribution in [3.63, 3.8) is 0 Å². The number of furan rings is 2. The summed E-state index contributed by atoms with van der Waals surface area (Å²) in [5.41, 5.74) is 5.60. The van der Waals surface area contributed by atoms with Crippen molar-refractivity contribution < 1.29 is 13.9 Å². The monoisotopic (exact) mass is 469 g/mol. The molecule has 1 aliphatic rings. The predicted molar refractivity (Wildman–Crippen MR) is 127 cm³/mol. The Kier molecular flexibility index (Phi) is 5.67. The van der Waals surface area contributed by atoms with Gasteiger partial charge in [0.1, 0.15) is 5.58 Å². The van der Waals surface area contributed by atoms with Crippen molar-refractivity contribution in [1.82, 2.24) is 4.98 Å². The number of aryl methyl sites for hydroxylation is 1. The van der Waals surface area contributed by atoms with E-state index in [4.69, 9.17) is 32.4 Å². The van der Waals surface area contributed by atoms with E-state index in [1.54, 1.807) is 24.4 Å². The highest BCUT2D eigenvalue weighted by molar-refractivity contribution is 6.42. The standard InChI is InChI=1S/C24H21Cl2N3O3/c1-13-10-14(4-7-27-13)21-22(24(30)29-16-2-3-17(25)18(26)11-16)20-12-19(23(21)32-20)28-15-5-8-31-9-6-15/h2-4,7,10-12,15,28H,5-6,8-9H2,1H3,(H,29,30). The number of anilines is 2. The summed E-state index contributed by atoms with van der Waals surface area (Å²) in [5.74, 6) is -0.278. The molecule has 1 amide bonds. The number of ether oxygens (including phenoxy) is 1. The topological polar surface area (TPSA) is 76.4 Å². The lowest BCUT2D eigenvalue weighted by atomic mass is 9.97. The highest BCUT2D eigenvalue weighted by Crippen LogP contribution is 2.43. The zero-order valence-corrected chi connectivity index (χ0v) is 18.9. The third-order valence-corrected chi connectivity index (χ3v) is 6.37. The average molecular weight is 470 g/mol. The zero-order valence-electron chi connectivity index (χ0n) is 17.4. The third kappa shape index (κ3) is 4.01. The van der Waals surface area contributed by atoms with Crippen LogP contribution in [0.5, 0.6) is 0 Å². The van der Waals surface area contributed by atoms with Gasteiger partial charge in [-0.05, 0) is 55.7 Å². The molecule has 1 saturated heterocycles. The number of pyridine rings is 1. The number of amides is 1. The van der Waals surface area contributed by atoms with Crippen LogP contribution in [0, 0.1) is 6.92 Å². The van der Waals surface area contributed by atoms with Gasteiger partial charge in [0.15, 0.2) is 5.58 Å². The molecule has 0 spiro atoms. The van der Waals surface area contributed by atoms with Gasteiger partial charge in [0.2, 0.25) is 0 Å². The number of hydrogen-bond acceptors (Lipinski definition) is 5. The molecule has 6 nitrogen and oxygen atoms in total. The van der Waals surface area contributed by atoms with Gasteiger partial charge in [-0.1, -0.05) is 23.2 Å². The van der Waals surface area contributed by atoms with Crippen LogP contribution in [0.25, 0.3) is 22.3 Å². The largest absolute Gasteiger partial charge is 0.454 e. The van der Waals surface area contributed by atoms with E-state index in [1.807, 2.05) is 25.1 Å². The molecule has 3 aromatic heterocycles. The molecule has 0 atom stereocenters. The minimum absolute atomic E-state index is 0.278. The van der Waals surface area contributed by atoms with Crippen LogP contribution in [0.15, 0.2) is 47.0 Å². The molecular formula is C24H21Cl2N3O3. The first-order valence-corrected chi connectivity index (χ1v) is 11.2. The molecule has 2 bridgehead atoms. The van der Waals surface area contributed by atoms with Gasteiger partial charge in [-0.25, -0.2) is 0 Å².